The van der Waals surface area contributed by atoms with E-state index in [9.17, 15) is 13.2 Å². The van der Waals surface area contributed by atoms with E-state index in [0.717, 1.165) is 44.0 Å². The number of halogens is 3. The van der Waals surface area contributed by atoms with E-state index in [1.165, 1.54) is 12.1 Å². The minimum Gasteiger partial charge on any atom is -0.406 e. The van der Waals surface area contributed by atoms with Gasteiger partial charge in [0.15, 0.2) is 0 Å². The first kappa shape index (κ1) is 20.8. The summed E-state index contributed by atoms with van der Waals surface area (Å²) >= 11 is 0. The van der Waals surface area contributed by atoms with Crippen LogP contribution < -0.4 is 14.5 Å². The fourth-order valence-corrected chi connectivity index (χ4v) is 3.97. The van der Waals surface area contributed by atoms with E-state index in [1.54, 1.807) is 12.1 Å². The average Bonchev–Trinajstić information content (AvgIpc) is 3.14. The fourth-order valence-electron chi connectivity index (χ4n) is 3.97. The molecule has 0 N–H and O–H groups in total. The lowest BCUT2D eigenvalue weighted by Gasteiger charge is -2.49. The zero-order valence-corrected chi connectivity index (χ0v) is 16.5. The van der Waals surface area contributed by atoms with Crippen molar-refractivity contribution in [1.82, 2.24) is 0 Å². The lowest BCUT2D eigenvalue weighted by molar-refractivity contribution is -0.274. The van der Waals surface area contributed by atoms with Crippen molar-refractivity contribution in [2.75, 3.05) is 36.0 Å². The molecule has 0 amide bonds. The highest BCUT2D eigenvalue weighted by Gasteiger charge is 2.47. The quantitative estimate of drug-likeness (QED) is 0.706. The van der Waals surface area contributed by atoms with Crippen molar-refractivity contribution in [2.45, 2.75) is 26.6 Å². The van der Waals surface area contributed by atoms with Gasteiger partial charge in [-0.1, -0.05) is 13.8 Å². The highest BCUT2D eigenvalue weighted by Crippen LogP contribution is 2.43. The van der Waals surface area contributed by atoms with Gasteiger partial charge in [0, 0.05) is 43.0 Å². The first-order chi connectivity index (χ1) is 13.9. The standard InChI is InChI=1S/C20H18F3N3O.C2H6/c21-20(22,23)27-18-7-5-16(6-8-18)25-10-9-19(12-25)13-26(14-19)17-3-1-15(11-24)2-4-17;1-2/h1-8H,9-10,12-14H2;1-2H3. The SMILES string of the molecule is CC.N#Cc1ccc(N2CC3(CCN(c4ccc(OC(F)(F)F)cc4)C3)C2)cc1. The monoisotopic (exact) mass is 403 g/mol. The van der Waals surface area contributed by atoms with Crippen LogP contribution in [0.5, 0.6) is 5.75 Å². The maximum absolute atomic E-state index is 12.3. The number of nitrogens with zero attached hydrogens (tertiary/aromatic N) is 3. The first-order valence-corrected chi connectivity index (χ1v) is 9.72. The Hall–Kier alpha value is -2.88. The highest BCUT2D eigenvalue weighted by atomic mass is 19.4. The number of hydrogen-bond donors (Lipinski definition) is 0. The normalized spacial score (nSPS) is 17.2. The summed E-state index contributed by atoms with van der Waals surface area (Å²) in [4.78, 5) is 4.51. The van der Waals surface area contributed by atoms with Crippen LogP contribution in [0.15, 0.2) is 48.5 Å². The number of rotatable bonds is 3. The van der Waals surface area contributed by atoms with E-state index in [-0.39, 0.29) is 11.2 Å². The first-order valence-electron chi connectivity index (χ1n) is 9.72. The number of alkyl halides is 3. The molecule has 29 heavy (non-hydrogen) atoms. The van der Waals surface area contributed by atoms with E-state index in [0.29, 0.717) is 5.56 Å². The Morgan fingerprint density at radius 1 is 0.897 bits per heavy atom. The summed E-state index contributed by atoms with van der Waals surface area (Å²) in [6.45, 7) is 7.68. The number of benzene rings is 2. The number of anilines is 2. The Morgan fingerprint density at radius 3 is 1.97 bits per heavy atom. The minimum absolute atomic E-state index is 0.198. The summed E-state index contributed by atoms with van der Waals surface area (Å²) < 4.78 is 40.7. The van der Waals surface area contributed by atoms with Crippen LogP contribution in [0.25, 0.3) is 0 Å². The second-order valence-electron chi connectivity index (χ2n) is 7.23. The van der Waals surface area contributed by atoms with Crippen molar-refractivity contribution < 1.29 is 17.9 Å². The van der Waals surface area contributed by atoms with Gasteiger partial charge in [-0.25, -0.2) is 0 Å². The van der Waals surface area contributed by atoms with E-state index in [4.69, 9.17) is 5.26 Å². The molecule has 2 aromatic carbocycles. The molecule has 0 radical (unpaired) electrons. The predicted molar refractivity (Wildman–Crippen MR) is 107 cm³/mol. The van der Waals surface area contributed by atoms with E-state index >= 15 is 0 Å². The molecule has 4 rings (SSSR count). The second-order valence-corrected chi connectivity index (χ2v) is 7.23. The second kappa shape index (κ2) is 8.24. The van der Waals surface area contributed by atoms with Gasteiger partial charge < -0.3 is 14.5 Å². The van der Waals surface area contributed by atoms with Gasteiger partial charge in [-0.15, -0.1) is 13.2 Å². The van der Waals surface area contributed by atoms with E-state index in [2.05, 4.69) is 20.6 Å². The molecule has 0 aromatic heterocycles. The van der Waals surface area contributed by atoms with Crippen molar-refractivity contribution in [1.29, 1.82) is 5.26 Å². The molecule has 0 aliphatic carbocycles. The van der Waals surface area contributed by atoms with Gasteiger partial charge in [0.2, 0.25) is 0 Å². The Kier molecular flexibility index (Phi) is 5.92. The van der Waals surface area contributed by atoms with Crippen molar-refractivity contribution in [3.8, 4) is 11.8 Å². The van der Waals surface area contributed by atoms with Gasteiger partial charge >= 0.3 is 6.36 Å². The van der Waals surface area contributed by atoms with Gasteiger partial charge in [0.25, 0.3) is 0 Å². The van der Waals surface area contributed by atoms with Gasteiger partial charge in [-0.05, 0) is 55.0 Å². The molecule has 0 atom stereocenters. The third kappa shape index (κ3) is 4.76. The molecule has 2 aliphatic heterocycles. The Labute approximate surface area is 169 Å². The fraction of sp³-hybridized carbons (Fsp3) is 0.409. The lowest BCUT2D eigenvalue weighted by Crippen LogP contribution is -2.57. The van der Waals surface area contributed by atoms with Crippen LogP contribution in [-0.2, 0) is 0 Å². The largest absolute Gasteiger partial charge is 0.573 e. The maximum Gasteiger partial charge on any atom is 0.573 e. The van der Waals surface area contributed by atoms with Crippen LogP contribution in [0, 0.1) is 16.7 Å². The van der Waals surface area contributed by atoms with Gasteiger partial charge in [0.05, 0.1) is 11.6 Å². The molecule has 2 aliphatic rings. The molecule has 2 aromatic rings. The Bertz CT molecular complexity index is 851. The number of ether oxygens (including phenoxy) is 1. The number of hydrogen-bond acceptors (Lipinski definition) is 4. The molecule has 0 unspecified atom stereocenters. The third-order valence-corrected chi connectivity index (χ3v) is 5.29. The molecule has 0 saturated carbocycles. The van der Waals surface area contributed by atoms with Gasteiger partial charge in [0.1, 0.15) is 5.75 Å². The zero-order valence-electron chi connectivity index (χ0n) is 16.5. The average molecular weight is 403 g/mol. The Balaban J connectivity index is 0.00000117. The zero-order chi connectivity index (χ0) is 21.1. The smallest absolute Gasteiger partial charge is 0.406 e. The molecule has 154 valence electrons. The molecule has 4 nitrogen and oxygen atoms in total. The lowest BCUT2D eigenvalue weighted by atomic mass is 9.78. The molecule has 0 bridgehead atoms. The Morgan fingerprint density at radius 2 is 1.41 bits per heavy atom. The summed E-state index contributed by atoms with van der Waals surface area (Å²) in [6.07, 6.45) is -3.61. The van der Waals surface area contributed by atoms with Crippen LogP contribution in [-0.4, -0.2) is 32.5 Å². The third-order valence-electron chi connectivity index (χ3n) is 5.29. The summed E-state index contributed by atoms with van der Waals surface area (Å²) in [5, 5.41) is 8.88. The molecule has 1 spiro atoms. The summed E-state index contributed by atoms with van der Waals surface area (Å²) in [6, 6.07) is 15.8. The van der Waals surface area contributed by atoms with Crippen molar-refractivity contribution in [3.63, 3.8) is 0 Å². The van der Waals surface area contributed by atoms with Crippen LogP contribution in [0.3, 0.4) is 0 Å². The van der Waals surface area contributed by atoms with E-state index in [1.807, 2.05) is 38.1 Å². The molecule has 2 fully saturated rings. The van der Waals surface area contributed by atoms with Crippen molar-refractivity contribution >= 4 is 11.4 Å². The van der Waals surface area contributed by atoms with Crippen molar-refractivity contribution in [2.24, 2.45) is 5.41 Å². The summed E-state index contributed by atoms with van der Waals surface area (Å²) in [5.74, 6) is -0.198. The highest BCUT2D eigenvalue weighted by molar-refractivity contribution is 5.55. The summed E-state index contributed by atoms with van der Waals surface area (Å²) in [5.41, 5.74) is 2.90. The van der Waals surface area contributed by atoms with Crippen LogP contribution in [0.4, 0.5) is 24.5 Å². The molecular weight excluding hydrogens is 379 g/mol. The maximum atomic E-state index is 12.3. The summed E-state index contributed by atoms with van der Waals surface area (Å²) in [7, 11) is 0. The minimum atomic E-state index is -4.67. The van der Waals surface area contributed by atoms with Crippen LogP contribution >= 0.6 is 0 Å². The molecular formula is C22H24F3N3O. The van der Waals surface area contributed by atoms with E-state index < -0.39 is 6.36 Å². The molecule has 2 saturated heterocycles. The topological polar surface area (TPSA) is 39.5 Å². The molecule has 2 heterocycles. The molecule has 7 heteroatoms. The number of nitriles is 1. The van der Waals surface area contributed by atoms with Gasteiger partial charge in [-0.3, -0.25) is 0 Å². The van der Waals surface area contributed by atoms with Crippen molar-refractivity contribution in [3.05, 3.63) is 54.1 Å². The van der Waals surface area contributed by atoms with Crippen LogP contribution in [0.1, 0.15) is 25.8 Å². The van der Waals surface area contributed by atoms with Gasteiger partial charge in [-0.2, -0.15) is 5.26 Å². The predicted octanol–water partition coefficient (Wildman–Crippen LogP) is 5.20. The van der Waals surface area contributed by atoms with Crippen LogP contribution in [0.2, 0.25) is 0 Å².